The third kappa shape index (κ3) is 10.0. The predicted molar refractivity (Wildman–Crippen MR) is 153 cm³/mol. The zero-order chi connectivity index (χ0) is 28.2. The van der Waals surface area contributed by atoms with E-state index in [0.717, 1.165) is 18.4 Å². The van der Waals surface area contributed by atoms with Crippen molar-refractivity contribution >= 4 is 12.1 Å². The maximum atomic E-state index is 13.4. The van der Waals surface area contributed by atoms with E-state index >= 15 is 0 Å². The lowest BCUT2D eigenvalue weighted by molar-refractivity contribution is -0.115. The molecule has 0 fully saturated rings. The van der Waals surface area contributed by atoms with E-state index in [-0.39, 0.29) is 30.5 Å². The molecule has 0 heterocycles. The Hall–Kier alpha value is -3.06. The molecule has 1 unspecified atom stereocenters. The lowest BCUT2D eigenvalue weighted by atomic mass is 9.95. The number of hydrogen-bond donors (Lipinski definition) is 2. The summed E-state index contributed by atoms with van der Waals surface area (Å²) in [6, 6.07) is 18.7. The number of hydrogen-bond acceptors (Lipinski definition) is 4. The fraction of sp³-hybridized carbons (Fsp3) is 0.548. The number of carbonyl (C=O) groups is 2. The molecule has 7 nitrogen and oxygen atoms in total. The van der Waals surface area contributed by atoms with Crippen molar-refractivity contribution in [1.82, 2.24) is 15.1 Å². The molecule has 210 valence electrons. The van der Waals surface area contributed by atoms with Crippen LogP contribution in [0.3, 0.4) is 0 Å². The molecule has 0 aromatic heterocycles. The first kappa shape index (κ1) is 31.2. The summed E-state index contributed by atoms with van der Waals surface area (Å²) >= 11 is 0. The minimum Gasteiger partial charge on any atom is -0.449 e. The Morgan fingerprint density at radius 2 is 1.58 bits per heavy atom. The van der Waals surface area contributed by atoms with Crippen molar-refractivity contribution in [2.45, 2.75) is 85.0 Å². The van der Waals surface area contributed by atoms with Crippen LogP contribution in [-0.2, 0) is 17.0 Å². The topological polar surface area (TPSA) is 82.1 Å². The number of amides is 3. The van der Waals surface area contributed by atoms with E-state index in [0.29, 0.717) is 31.7 Å². The third-order valence-corrected chi connectivity index (χ3v) is 6.12. The van der Waals surface area contributed by atoms with Gasteiger partial charge in [-0.2, -0.15) is 0 Å². The van der Waals surface area contributed by atoms with Gasteiger partial charge in [-0.25, -0.2) is 9.59 Å². The van der Waals surface area contributed by atoms with Crippen molar-refractivity contribution < 1.29 is 19.4 Å². The first-order chi connectivity index (χ1) is 18.0. The summed E-state index contributed by atoms with van der Waals surface area (Å²) in [6.45, 7) is 13.6. The van der Waals surface area contributed by atoms with Crippen molar-refractivity contribution in [1.29, 1.82) is 0 Å². The Morgan fingerprint density at radius 3 is 2.13 bits per heavy atom. The van der Waals surface area contributed by atoms with Gasteiger partial charge in [-0.05, 0) is 45.1 Å². The number of aliphatic hydroxyl groups is 1. The lowest BCUT2D eigenvalue weighted by Gasteiger charge is -2.40. The molecule has 1 atom stereocenters. The standard InChI is InChI=1S/C31H47N3O4/c1-7-8-22-38-29(36)34(24-26-16-11-9-12-17-26)31(37,27-18-13-10-14-19-27)20-15-21-33(23-25(2)3)28(35)32-30(4,5)6/h9-14,16-19,25,37H,7-8,15,20-24H2,1-6H3,(H,32,35). The third-order valence-electron chi connectivity index (χ3n) is 6.12. The van der Waals surface area contributed by atoms with Crippen molar-refractivity contribution in [3.63, 3.8) is 0 Å². The second kappa shape index (κ2) is 14.8. The van der Waals surface area contributed by atoms with E-state index in [1.54, 1.807) is 4.90 Å². The molecule has 2 rings (SSSR count). The van der Waals surface area contributed by atoms with Gasteiger partial charge in [0.1, 0.15) is 0 Å². The fourth-order valence-corrected chi connectivity index (χ4v) is 4.27. The van der Waals surface area contributed by atoms with Crippen LogP contribution in [0.25, 0.3) is 0 Å². The number of nitrogens with one attached hydrogen (secondary N) is 1. The number of rotatable bonds is 13. The summed E-state index contributed by atoms with van der Waals surface area (Å²) < 4.78 is 5.61. The molecular formula is C31H47N3O4. The fourth-order valence-electron chi connectivity index (χ4n) is 4.27. The van der Waals surface area contributed by atoms with Gasteiger partial charge in [-0.1, -0.05) is 87.9 Å². The average Bonchev–Trinajstić information content (AvgIpc) is 2.86. The molecular weight excluding hydrogens is 478 g/mol. The molecule has 0 bridgehead atoms. The monoisotopic (exact) mass is 525 g/mol. The highest BCUT2D eigenvalue weighted by Crippen LogP contribution is 2.33. The van der Waals surface area contributed by atoms with Crippen LogP contribution in [0.4, 0.5) is 9.59 Å². The second-order valence-electron chi connectivity index (χ2n) is 11.3. The molecule has 2 aromatic carbocycles. The molecule has 0 aliphatic heterocycles. The van der Waals surface area contributed by atoms with Crippen molar-refractivity contribution in [3.8, 4) is 0 Å². The molecule has 7 heteroatoms. The molecule has 0 spiro atoms. The molecule has 0 radical (unpaired) electrons. The number of urea groups is 1. The highest BCUT2D eigenvalue weighted by atomic mass is 16.6. The maximum Gasteiger partial charge on any atom is 0.412 e. The van der Waals surface area contributed by atoms with Gasteiger partial charge in [0.15, 0.2) is 5.72 Å². The van der Waals surface area contributed by atoms with Crippen LogP contribution >= 0.6 is 0 Å². The number of unbranched alkanes of at least 4 members (excludes halogenated alkanes) is 1. The smallest absolute Gasteiger partial charge is 0.412 e. The Balaban J connectivity index is 2.35. The molecule has 2 aromatic rings. The highest BCUT2D eigenvalue weighted by Gasteiger charge is 2.40. The zero-order valence-electron chi connectivity index (χ0n) is 24.1. The van der Waals surface area contributed by atoms with E-state index in [4.69, 9.17) is 4.74 Å². The van der Waals surface area contributed by atoms with Crippen molar-refractivity contribution in [2.75, 3.05) is 19.7 Å². The van der Waals surface area contributed by atoms with Crippen LogP contribution < -0.4 is 5.32 Å². The van der Waals surface area contributed by atoms with E-state index < -0.39 is 11.8 Å². The summed E-state index contributed by atoms with van der Waals surface area (Å²) in [7, 11) is 0. The summed E-state index contributed by atoms with van der Waals surface area (Å²) in [5.74, 6) is 0.289. The molecule has 0 aliphatic carbocycles. The summed E-state index contributed by atoms with van der Waals surface area (Å²) in [4.78, 5) is 29.7. The Kier molecular flexibility index (Phi) is 12.1. The normalized spacial score (nSPS) is 13.1. The van der Waals surface area contributed by atoms with Gasteiger partial charge in [0.05, 0.1) is 13.2 Å². The SMILES string of the molecule is CCCCOC(=O)N(Cc1ccccc1)C(O)(CCCN(CC(C)C)C(=O)NC(C)(C)C)c1ccccc1. The molecule has 0 saturated heterocycles. The predicted octanol–water partition coefficient (Wildman–Crippen LogP) is 6.52. The summed E-state index contributed by atoms with van der Waals surface area (Å²) in [6.07, 6.45) is 1.82. The van der Waals surface area contributed by atoms with E-state index in [2.05, 4.69) is 19.2 Å². The van der Waals surface area contributed by atoms with Crippen molar-refractivity contribution in [2.24, 2.45) is 5.92 Å². The van der Waals surface area contributed by atoms with Crippen LogP contribution in [0.5, 0.6) is 0 Å². The lowest BCUT2D eigenvalue weighted by Crippen LogP contribution is -2.51. The van der Waals surface area contributed by atoms with Gasteiger partial charge in [-0.15, -0.1) is 0 Å². The maximum absolute atomic E-state index is 13.4. The van der Waals surface area contributed by atoms with Crippen LogP contribution in [0.1, 0.15) is 78.4 Å². The van der Waals surface area contributed by atoms with Crippen LogP contribution in [0.2, 0.25) is 0 Å². The minimum absolute atomic E-state index is 0.130. The average molecular weight is 526 g/mol. The number of nitrogens with zero attached hydrogens (tertiary/aromatic N) is 2. The van der Waals surface area contributed by atoms with Gasteiger partial charge < -0.3 is 20.1 Å². The number of carbonyl (C=O) groups excluding carboxylic acids is 2. The Bertz CT molecular complexity index is 976. The van der Waals surface area contributed by atoms with E-state index in [1.807, 2.05) is 88.4 Å². The number of benzene rings is 2. The zero-order valence-corrected chi connectivity index (χ0v) is 24.1. The summed E-state index contributed by atoms with van der Waals surface area (Å²) in [5.41, 5.74) is -0.478. The molecule has 2 N–H and O–H groups in total. The molecule has 0 aliphatic rings. The molecule has 38 heavy (non-hydrogen) atoms. The van der Waals surface area contributed by atoms with E-state index in [1.165, 1.54) is 4.90 Å². The van der Waals surface area contributed by atoms with Crippen LogP contribution in [0, 0.1) is 5.92 Å². The first-order valence-corrected chi connectivity index (χ1v) is 13.8. The van der Waals surface area contributed by atoms with Gasteiger partial charge in [0.25, 0.3) is 0 Å². The van der Waals surface area contributed by atoms with Gasteiger partial charge in [0, 0.05) is 30.6 Å². The minimum atomic E-state index is -1.62. The molecule has 0 saturated carbocycles. The number of ether oxygens (including phenoxy) is 1. The molecule has 3 amide bonds. The van der Waals surface area contributed by atoms with Gasteiger partial charge in [-0.3, -0.25) is 4.90 Å². The first-order valence-electron chi connectivity index (χ1n) is 13.8. The second-order valence-corrected chi connectivity index (χ2v) is 11.3. The van der Waals surface area contributed by atoms with Gasteiger partial charge in [0.2, 0.25) is 0 Å². The Labute approximate surface area is 229 Å². The highest BCUT2D eigenvalue weighted by molar-refractivity contribution is 5.75. The Morgan fingerprint density at radius 1 is 0.974 bits per heavy atom. The summed E-state index contributed by atoms with van der Waals surface area (Å²) in [5, 5.41) is 15.3. The van der Waals surface area contributed by atoms with Crippen molar-refractivity contribution in [3.05, 3.63) is 71.8 Å². The van der Waals surface area contributed by atoms with Crippen LogP contribution in [-0.4, -0.2) is 52.3 Å². The van der Waals surface area contributed by atoms with Gasteiger partial charge >= 0.3 is 12.1 Å². The van der Waals surface area contributed by atoms with E-state index in [9.17, 15) is 14.7 Å². The largest absolute Gasteiger partial charge is 0.449 e. The van der Waals surface area contributed by atoms with Crippen LogP contribution in [0.15, 0.2) is 60.7 Å². The quantitative estimate of drug-likeness (QED) is 0.230.